The predicted molar refractivity (Wildman–Crippen MR) is 185 cm³/mol. The third kappa shape index (κ3) is 10.4. The summed E-state index contributed by atoms with van der Waals surface area (Å²) >= 11 is 0. The van der Waals surface area contributed by atoms with Gasteiger partial charge in [-0.2, -0.15) is 0 Å². The molecule has 228 valence electrons. The van der Waals surface area contributed by atoms with Crippen molar-refractivity contribution in [3.8, 4) is 39.1 Å². The number of benzene rings is 4. The molecule has 0 aliphatic heterocycles. The first kappa shape index (κ1) is 32.6. The van der Waals surface area contributed by atoms with Gasteiger partial charge >= 0.3 is 0 Å². The largest absolute Gasteiger partial charge is 0.488 e. The average molecular weight is 577 g/mol. The molecule has 4 aromatic carbocycles. The van der Waals surface area contributed by atoms with Crippen LogP contribution in [0.15, 0.2) is 91.0 Å². The van der Waals surface area contributed by atoms with Gasteiger partial charge in [0.1, 0.15) is 11.9 Å². The summed E-state index contributed by atoms with van der Waals surface area (Å²) in [6.07, 6.45) is 13.2. The van der Waals surface area contributed by atoms with Gasteiger partial charge in [0.15, 0.2) is 0 Å². The average Bonchev–Trinajstić information content (AvgIpc) is 3.03. The zero-order chi connectivity index (χ0) is 30.3. The number of aryl methyl sites for hydroxylation is 2. The molecule has 2 nitrogen and oxygen atoms in total. The summed E-state index contributed by atoms with van der Waals surface area (Å²) in [5, 5.41) is 0. The molecule has 0 aromatic heterocycles. The van der Waals surface area contributed by atoms with E-state index in [1.54, 1.807) is 0 Å². The summed E-state index contributed by atoms with van der Waals surface area (Å²) in [4.78, 5) is 0. The van der Waals surface area contributed by atoms with Crippen LogP contribution in [0.1, 0.15) is 89.7 Å². The van der Waals surface area contributed by atoms with E-state index >= 15 is 0 Å². The normalized spacial score (nSPS) is 11.9. The minimum absolute atomic E-state index is 0.0372. The molecule has 0 N–H and O–H groups in total. The summed E-state index contributed by atoms with van der Waals surface area (Å²) in [6, 6.07) is 33.3. The first-order valence-electron chi connectivity index (χ1n) is 16.7. The predicted octanol–water partition coefficient (Wildman–Crippen LogP) is 11.9. The van der Waals surface area contributed by atoms with E-state index in [1.807, 2.05) is 19.1 Å². The highest BCUT2D eigenvalue weighted by Crippen LogP contribution is 2.31. The van der Waals surface area contributed by atoms with Crippen LogP contribution >= 0.6 is 0 Å². The Morgan fingerprint density at radius 2 is 1.09 bits per heavy atom. The lowest BCUT2D eigenvalue weighted by Gasteiger charge is -2.15. The molecule has 0 fully saturated rings. The standard InChI is InChI=1S/C41H52O2/c1-5-7-8-9-10-11-12-13-14-34-15-17-37(18-16-34)39-25-28-41(32(3)30-39)38-21-19-35(20-22-38)36-23-26-40(27-24-36)43-33(4)31-42-29-6-2/h15-28,30,33H,5-14,29,31H2,1-4H3. The van der Waals surface area contributed by atoms with Gasteiger partial charge < -0.3 is 9.47 Å². The summed E-state index contributed by atoms with van der Waals surface area (Å²) in [7, 11) is 0. The number of hydrogen-bond acceptors (Lipinski definition) is 2. The van der Waals surface area contributed by atoms with Crippen LogP contribution < -0.4 is 4.74 Å². The van der Waals surface area contributed by atoms with E-state index in [4.69, 9.17) is 9.47 Å². The van der Waals surface area contributed by atoms with Crippen LogP contribution in [-0.4, -0.2) is 19.3 Å². The van der Waals surface area contributed by atoms with Crippen LogP contribution in [-0.2, 0) is 11.2 Å². The van der Waals surface area contributed by atoms with Crippen molar-refractivity contribution in [2.24, 2.45) is 0 Å². The van der Waals surface area contributed by atoms with Crippen molar-refractivity contribution in [2.75, 3.05) is 13.2 Å². The van der Waals surface area contributed by atoms with E-state index in [9.17, 15) is 0 Å². The van der Waals surface area contributed by atoms with Crippen LogP contribution in [0.25, 0.3) is 33.4 Å². The molecule has 0 spiro atoms. The maximum absolute atomic E-state index is 6.00. The highest BCUT2D eigenvalue weighted by atomic mass is 16.5. The molecule has 0 heterocycles. The van der Waals surface area contributed by atoms with E-state index in [1.165, 1.54) is 102 Å². The van der Waals surface area contributed by atoms with E-state index < -0.39 is 0 Å². The number of ether oxygens (including phenoxy) is 2. The lowest BCUT2D eigenvalue weighted by molar-refractivity contribution is 0.0590. The van der Waals surface area contributed by atoms with Crippen molar-refractivity contribution in [1.29, 1.82) is 0 Å². The Bertz CT molecular complexity index is 1340. The Kier molecular flexibility index (Phi) is 13.4. The number of rotatable bonds is 18. The maximum atomic E-state index is 6.00. The van der Waals surface area contributed by atoms with Gasteiger partial charge in [-0.1, -0.05) is 138 Å². The van der Waals surface area contributed by atoms with E-state index in [2.05, 4.69) is 99.6 Å². The van der Waals surface area contributed by atoms with E-state index in [0.717, 1.165) is 18.8 Å². The van der Waals surface area contributed by atoms with Crippen molar-refractivity contribution in [1.82, 2.24) is 0 Å². The minimum atomic E-state index is 0.0372. The fourth-order valence-corrected chi connectivity index (χ4v) is 5.72. The number of hydrogen-bond donors (Lipinski definition) is 0. The Labute approximate surface area is 261 Å². The molecule has 43 heavy (non-hydrogen) atoms. The molecule has 0 saturated carbocycles. The van der Waals surface area contributed by atoms with Crippen LogP contribution in [0.2, 0.25) is 0 Å². The van der Waals surface area contributed by atoms with Gasteiger partial charge in [-0.3, -0.25) is 0 Å². The van der Waals surface area contributed by atoms with Crippen LogP contribution in [0.4, 0.5) is 0 Å². The molecule has 0 bridgehead atoms. The quantitative estimate of drug-likeness (QED) is 0.110. The molecule has 2 heteroatoms. The molecular formula is C41H52O2. The van der Waals surface area contributed by atoms with Crippen LogP contribution in [0.5, 0.6) is 5.75 Å². The van der Waals surface area contributed by atoms with Gasteiger partial charge in [0.05, 0.1) is 6.61 Å². The molecule has 0 aliphatic carbocycles. The molecule has 0 saturated heterocycles. The molecule has 0 amide bonds. The second-order valence-electron chi connectivity index (χ2n) is 12.1. The molecule has 0 aliphatic rings. The van der Waals surface area contributed by atoms with Gasteiger partial charge in [-0.15, -0.1) is 0 Å². The third-order valence-electron chi connectivity index (χ3n) is 8.25. The van der Waals surface area contributed by atoms with Crippen LogP contribution in [0, 0.1) is 6.92 Å². The van der Waals surface area contributed by atoms with Crippen LogP contribution in [0.3, 0.4) is 0 Å². The lowest BCUT2D eigenvalue weighted by Crippen LogP contribution is -2.19. The molecular weight excluding hydrogens is 524 g/mol. The van der Waals surface area contributed by atoms with Crippen molar-refractivity contribution >= 4 is 0 Å². The van der Waals surface area contributed by atoms with Crippen molar-refractivity contribution in [3.63, 3.8) is 0 Å². The van der Waals surface area contributed by atoms with Gasteiger partial charge in [-0.05, 0) is 89.8 Å². The highest BCUT2D eigenvalue weighted by Gasteiger charge is 2.08. The number of unbranched alkanes of at least 4 members (excludes halogenated alkanes) is 7. The van der Waals surface area contributed by atoms with Crippen molar-refractivity contribution in [2.45, 2.75) is 98.0 Å². The Morgan fingerprint density at radius 1 is 0.558 bits per heavy atom. The summed E-state index contributed by atoms with van der Waals surface area (Å²) < 4.78 is 11.6. The zero-order valence-electron chi connectivity index (χ0n) is 27.0. The molecule has 0 radical (unpaired) electrons. The first-order valence-corrected chi connectivity index (χ1v) is 16.7. The van der Waals surface area contributed by atoms with Gasteiger partial charge in [0.2, 0.25) is 0 Å². The van der Waals surface area contributed by atoms with Gasteiger partial charge in [0, 0.05) is 6.61 Å². The van der Waals surface area contributed by atoms with Gasteiger partial charge in [-0.25, -0.2) is 0 Å². The minimum Gasteiger partial charge on any atom is -0.488 e. The second kappa shape index (κ2) is 17.7. The molecule has 4 aromatic rings. The molecule has 4 rings (SSSR count). The fraction of sp³-hybridized carbons (Fsp3) is 0.415. The SMILES string of the molecule is CCCCCCCCCCc1ccc(-c2ccc(-c3ccc(-c4ccc(OC(C)COCCC)cc4)cc3)c(C)c2)cc1. The lowest BCUT2D eigenvalue weighted by atomic mass is 9.94. The highest BCUT2D eigenvalue weighted by molar-refractivity contribution is 5.76. The maximum Gasteiger partial charge on any atom is 0.119 e. The Morgan fingerprint density at radius 3 is 1.72 bits per heavy atom. The Balaban J connectivity index is 1.29. The zero-order valence-corrected chi connectivity index (χ0v) is 27.0. The smallest absolute Gasteiger partial charge is 0.119 e. The second-order valence-corrected chi connectivity index (χ2v) is 12.1. The Hall–Kier alpha value is -3.36. The molecule has 1 atom stereocenters. The topological polar surface area (TPSA) is 18.5 Å². The third-order valence-corrected chi connectivity index (χ3v) is 8.25. The summed E-state index contributed by atoms with van der Waals surface area (Å²) in [5.74, 6) is 0.877. The monoisotopic (exact) mass is 576 g/mol. The van der Waals surface area contributed by atoms with Crippen molar-refractivity contribution < 1.29 is 9.47 Å². The van der Waals surface area contributed by atoms with Crippen molar-refractivity contribution in [3.05, 3.63) is 102 Å². The first-order chi connectivity index (χ1) is 21.1. The fourth-order valence-electron chi connectivity index (χ4n) is 5.72. The van der Waals surface area contributed by atoms with E-state index in [0.29, 0.717) is 6.61 Å². The van der Waals surface area contributed by atoms with E-state index in [-0.39, 0.29) is 6.10 Å². The van der Waals surface area contributed by atoms with Gasteiger partial charge in [0.25, 0.3) is 0 Å². The summed E-state index contributed by atoms with van der Waals surface area (Å²) in [5.41, 5.74) is 10.2. The molecule has 1 unspecified atom stereocenters. The summed E-state index contributed by atoms with van der Waals surface area (Å²) in [6.45, 7) is 10.1.